The Morgan fingerprint density at radius 1 is 1.08 bits per heavy atom. The first-order valence-corrected chi connectivity index (χ1v) is 13.5. The summed E-state index contributed by atoms with van der Waals surface area (Å²) < 4.78 is 12.3. The molecule has 2 aliphatic heterocycles. The van der Waals surface area contributed by atoms with Gasteiger partial charge in [0.2, 0.25) is 5.91 Å². The van der Waals surface area contributed by atoms with E-state index in [0.717, 1.165) is 19.4 Å². The number of carbonyl (C=O) groups excluding carboxylic acids is 3. The minimum Gasteiger partial charge on any atom is -0.490 e. The summed E-state index contributed by atoms with van der Waals surface area (Å²) in [5, 5.41) is 8.64. The van der Waals surface area contributed by atoms with E-state index in [2.05, 4.69) is 16.0 Å². The molecule has 9 nitrogen and oxygen atoms in total. The third-order valence-corrected chi connectivity index (χ3v) is 7.53. The van der Waals surface area contributed by atoms with Crippen molar-refractivity contribution in [3.8, 4) is 5.75 Å². The van der Waals surface area contributed by atoms with Crippen LogP contribution in [-0.4, -0.2) is 67.7 Å². The van der Waals surface area contributed by atoms with Crippen LogP contribution in [0.25, 0.3) is 0 Å². The van der Waals surface area contributed by atoms with Crippen molar-refractivity contribution >= 4 is 23.5 Å². The number of carbonyl (C=O) groups is 3. The average Bonchev–Trinajstić information content (AvgIpc) is 2.89. The quantitative estimate of drug-likeness (QED) is 0.529. The van der Waals surface area contributed by atoms with Gasteiger partial charge in [0.25, 0.3) is 5.91 Å². The number of ether oxygens (including phenoxy) is 2. The molecule has 0 aromatic heterocycles. The van der Waals surface area contributed by atoms with E-state index in [4.69, 9.17) is 9.47 Å². The SMILES string of the molecule is CCCNC(=O)Nc1ccc2c(c1)C(=O)N(C)[C@H]1CC[C@@H](CC(=O)NCC3CCCCC3)O[C@@H]1CO2. The monoisotopic (exact) mass is 500 g/mol. The zero-order chi connectivity index (χ0) is 25.5. The van der Waals surface area contributed by atoms with Crippen molar-refractivity contribution in [2.75, 3.05) is 32.1 Å². The molecule has 0 spiro atoms. The maximum atomic E-state index is 13.3. The van der Waals surface area contributed by atoms with Gasteiger partial charge in [0.15, 0.2) is 0 Å². The summed E-state index contributed by atoms with van der Waals surface area (Å²) in [7, 11) is 1.78. The van der Waals surface area contributed by atoms with E-state index >= 15 is 0 Å². The molecular weight excluding hydrogens is 460 g/mol. The molecule has 0 bridgehead atoms. The highest BCUT2D eigenvalue weighted by molar-refractivity contribution is 5.99. The molecule has 36 heavy (non-hydrogen) atoms. The van der Waals surface area contributed by atoms with Gasteiger partial charge in [-0.15, -0.1) is 0 Å². The van der Waals surface area contributed by atoms with Crippen molar-refractivity contribution in [1.29, 1.82) is 0 Å². The normalized spacial score (nSPS) is 24.4. The molecule has 198 valence electrons. The Morgan fingerprint density at radius 2 is 1.89 bits per heavy atom. The van der Waals surface area contributed by atoms with Crippen LogP contribution in [0.4, 0.5) is 10.5 Å². The van der Waals surface area contributed by atoms with E-state index in [1.54, 1.807) is 30.1 Å². The van der Waals surface area contributed by atoms with Gasteiger partial charge >= 0.3 is 6.03 Å². The number of fused-ring (bicyclic) bond motifs is 2. The fourth-order valence-corrected chi connectivity index (χ4v) is 5.45. The van der Waals surface area contributed by atoms with Crippen LogP contribution in [0, 0.1) is 5.92 Å². The molecule has 2 heterocycles. The summed E-state index contributed by atoms with van der Waals surface area (Å²) in [6, 6.07) is 4.63. The fourth-order valence-electron chi connectivity index (χ4n) is 5.45. The highest BCUT2D eigenvalue weighted by atomic mass is 16.5. The topological polar surface area (TPSA) is 109 Å². The maximum absolute atomic E-state index is 13.3. The summed E-state index contributed by atoms with van der Waals surface area (Å²) in [6.07, 6.45) is 8.36. The second-order valence-electron chi connectivity index (χ2n) is 10.3. The van der Waals surface area contributed by atoms with Crippen LogP contribution >= 0.6 is 0 Å². The molecule has 4 rings (SSSR count). The molecule has 1 saturated heterocycles. The molecular formula is C27H40N4O5. The zero-order valence-electron chi connectivity index (χ0n) is 21.5. The number of rotatable bonds is 7. The molecule has 3 atom stereocenters. The minimum atomic E-state index is -0.311. The summed E-state index contributed by atoms with van der Waals surface area (Å²) in [4.78, 5) is 39.7. The second-order valence-corrected chi connectivity index (χ2v) is 10.3. The van der Waals surface area contributed by atoms with E-state index in [1.807, 2.05) is 6.92 Å². The van der Waals surface area contributed by atoms with Gasteiger partial charge in [-0.25, -0.2) is 4.79 Å². The van der Waals surface area contributed by atoms with Crippen LogP contribution < -0.4 is 20.7 Å². The Balaban J connectivity index is 1.34. The largest absolute Gasteiger partial charge is 0.490 e. The van der Waals surface area contributed by atoms with E-state index in [1.165, 1.54) is 32.1 Å². The lowest BCUT2D eigenvalue weighted by Gasteiger charge is -2.42. The van der Waals surface area contributed by atoms with Gasteiger partial charge in [-0.1, -0.05) is 26.2 Å². The van der Waals surface area contributed by atoms with Crippen molar-refractivity contribution in [2.24, 2.45) is 5.92 Å². The van der Waals surface area contributed by atoms with Crippen LogP contribution in [-0.2, 0) is 9.53 Å². The third kappa shape index (κ3) is 6.69. The van der Waals surface area contributed by atoms with Gasteiger partial charge < -0.3 is 30.3 Å². The summed E-state index contributed by atoms with van der Waals surface area (Å²) in [5.41, 5.74) is 0.942. The smallest absolute Gasteiger partial charge is 0.319 e. The first kappa shape index (κ1) is 26.3. The number of hydrogen-bond acceptors (Lipinski definition) is 5. The standard InChI is InChI=1S/C27H40N4O5/c1-3-13-28-27(34)30-19-9-12-23-21(14-19)26(33)31(2)22-11-10-20(36-24(22)17-35-23)15-25(32)29-16-18-7-5-4-6-8-18/h9,12,14,18,20,22,24H,3-8,10-11,13,15-17H2,1-2H3,(H,29,32)(H2,28,30,34)/t20-,22-,24+/m0/s1. The second kappa shape index (κ2) is 12.4. The van der Waals surface area contributed by atoms with Gasteiger partial charge in [0, 0.05) is 25.8 Å². The number of nitrogens with zero attached hydrogens (tertiary/aromatic N) is 1. The van der Waals surface area contributed by atoms with Gasteiger partial charge in [-0.05, 0) is 56.2 Å². The lowest BCUT2D eigenvalue weighted by molar-refractivity contribution is -0.134. The number of anilines is 1. The molecule has 1 saturated carbocycles. The minimum absolute atomic E-state index is 0.0357. The highest BCUT2D eigenvalue weighted by Crippen LogP contribution is 2.32. The van der Waals surface area contributed by atoms with Crippen LogP contribution in [0.1, 0.15) is 75.1 Å². The summed E-state index contributed by atoms with van der Waals surface area (Å²) >= 11 is 0. The summed E-state index contributed by atoms with van der Waals surface area (Å²) in [5.74, 6) is 0.915. The van der Waals surface area contributed by atoms with E-state index in [-0.39, 0.29) is 36.1 Å². The van der Waals surface area contributed by atoms with Crippen molar-refractivity contribution in [1.82, 2.24) is 15.5 Å². The number of nitrogens with one attached hydrogen (secondary N) is 3. The van der Waals surface area contributed by atoms with Gasteiger partial charge in [0.05, 0.1) is 24.1 Å². The maximum Gasteiger partial charge on any atom is 0.319 e. The Labute approximate surface area is 213 Å². The zero-order valence-corrected chi connectivity index (χ0v) is 21.5. The first-order valence-electron chi connectivity index (χ1n) is 13.5. The molecule has 9 heteroatoms. The number of urea groups is 1. The molecule has 1 aliphatic carbocycles. The Kier molecular flexibility index (Phi) is 9.07. The molecule has 0 unspecified atom stereocenters. The molecule has 3 N–H and O–H groups in total. The van der Waals surface area contributed by atoms with Crippen LogP contribution in [0.2, 0.25) is 0 Å². The van der Waals surface area contributed by atoms with Crippen molar-refractivity contribution < 1.29 is 23.9 Å². The number of amides is 4. The first-order chi connectivity index (χ1) is 17.4. The third-order valence-electron chi connectivity index (χ3n) is 7.53. The van der Waals surface area contributed by atoms with Gasteiger partial charge in [-0.2, -0.15) is 0 Å². The molecule has 4 amide bonds. The van der Waals surface area contributed by atoms with Crippen molar-refractivity contribution in [2.45, 2.75) is 83.0 Å². The van der Waals surface area contributed by atoms with Gasteiger partial charge in [-0.3, -0.25) is 9.59 Å². The number of likely N-dealkylation sites (N-methyl/N-ethyl adjacent to an activating group) is 1. The number of benzene rings is 1. The van der Waals surface area contributed by atoms with Crippen LogP contribution in [0.5, 0.6) is 5.75 Å². The molecule has 2 fully saturated rings. The molecule has 1 aromatic rings. The van der Waals surface area contributed by atoms with Crippen molar-refractivity contribution in [3.63, 3.8) is 0 Å². The van der Waals surface area contributed by atoms with Crippen LogP contribution in [0.3, 0.4) is 0 Å². The Hall–Kier alpha value is -2.81. The van der Waals surface area contributed by atoms with E-state index < -0.39 is 0 Å². The highest BCUT2D eigenvalue weighted by Gasteiger charge is 2.39. The Morgan fingerprint density at radius 3 is 2.67 bits per heavy atom. The van der Waals surface area contributed by atoms with Crippen LogP contribution in [0.15, 0.2) is 18.2 Å². The fraction of sp³-hybridized carbons (Fsp3) is 0.667. The predicted octanol–water partition coefficient (Wildman–Crippen LogP) is 3.69. The van der Waals surface area contributed by atoms with Crippen molar-refractivity contribution in [3.05, 3.63) is 23.8 Å². The lowest BCUT2D eigenvalue weighted by Crippen LogP contribution is -2.54. The van der Waals surface area contributed by atoms with Gasteiger partial charge in [0.1, 0.15) is 18.5 Å². The molecule has 0 radical (unpaired) electrons. The Bertz CT molecular complexity index is 933. The average molecular weight is 501 g/mol. The molecule has 1 aromatic carbocycles. The predicted molar refractivity (Wildman–Crippen MR) is 137 cm³/mol. The number of hydrogen-bond donors (Lipinski definition) is 3. The lowest BCUT2D eigenvalue weighted by atomic mass is 9.89. The van der Waals surface area contributed by atoms with E-state index in [9.17, 15) is 14.4 Å². The molecule has 3 aliphatic rings. The van der Waals surface area contributed by atoms with E-state index in [0.29, 0.717) is 48.9 Å². The summed E-state index contributed by atoms with van der Waals surface area (Å²) in [6.45, 7) is 3.60.